The molecule has 166 valence electrons. The fraction of sp³-hybridized carbons (Fsp3) is 0.0833. The van der Waals surface area contributed by atoms with Gasteiger partial charge in [0.15, 0.2) is 5.16 Å². The van der Waals surface area contributed by atoms with E-state index < -0.39 is 23.1 Å². The molecule has 5 aromatic rings. The first-order valence-corrected chi connectivity index (χ1v) is 10.9. The van der Waals surface area contributed by atoms with E-state index in [9.17, 15) is 22.4 Å². The normalized spacial score (nSPS) is 12.0. The van der Waals surface area contributed by atoms with Gasteiger partial charge in [0, 0.05) is 16.7 Å². The molecule has 4 nitrogen and oxygen atoms in total. The molecule has 0 saturated heterocycles. The van der Waals surface area contributed by atoms with Gasteiger partial charge in [0.05, 0.1) is 11.3 Å². The molecular formula is C24H15F4N3OS. The van der Waals surface area contributed by atoms with Gasteiger partial charge in [-0.3, -0.25) is 9.36 Å². The lowest BCUT2D eigenvalue weighted by Gasteiger charge is -2.13. The number of benzene rings is 3. The summed E-state index contributed by atoms with van der Waals surface area (Å²) in [5, 5.41) is 0.908. The highest BCUT2D eigenvalue weighted by Crippen LogP contribution is 2.32. The van der Waals surface area contributed by atoms with Gasteiger partial charge in [-0.15, -0.1) is 0 Å². The van der Waals surface area contributed by atoms with Crippen LogP contribution in [0.15, 0.2) is 82.7 Å². The maximum Gasteiger partial charge on any atom is 0.416 e. The second kappa shape index (κ2) is 8.08. The molecule has 0 atom stereocenters. The van der Waals surface area contributed by atoms with Crippen molar-refractivity contribution in [1.29, 1.82) is 0 Å². The standard InChI is InChI=1S/C24H15F4N3OS/c25-17-9-2-4-11-19(17)31-22(32)21-20(16-8-1-3-10-18(16)29-21)30-23(31)33-13-14-6-5-7-15(12-14)24(26,27)28/h1-12,29H,13H2. The zero-order chi connectivity index (χ0) is 23.2. The Morgan fingerprint density at radius 2 is 1.73 bits per heavy atom. The molecule has 0 bridgehead atoms. The largest absolute Gasteiger partial charge is 0.416 e. The van der Waals surface area contributed by atoms with Gasteiger partial charge < -0.3 is 4.98 Å². The SMILES string of the molecule is O=c1c2[nH]c3ccccc3c2nc(SCc2cccc(C(F)(F)F)c2)n1-c1ccccc1F. The van der Waals surface area contributed by atoms with Crippen molar-refractivity contribution in [2.24, 2.45) is 0 Å². The van der Waals surface area contributed by atoms with Gasteiger partial charge in [0.25, 0.3) is 5.56 Å². The summed E-state index contributed by atoms with van der Waals surface area (Å²) in [6, 6.07) is 18.0. The number of hydrogen-bond donors (Lipinski definition) is 1. The lowest BCUT2D eigenvalue weighted by Crippen LogP contribution is -2.22. The Labute approximate surface area is 188 Å². The Morgan fingerprint density at radius 3 is 2.52 bits per heavy atom. The van der Waals surface area contributed by atoms with E-state index in [1.165, 1.54) is 24.3 Å². The van der Waals surface area contributed by atoms with Crippen molar-refractivity contribution in [3.63, 3.8) is 0 Å². The molecule has 0 aliphatic carbocycles. The molecular weight excluding hydrogens is 454 g/mol. The minimum Gasteiger partial charge on any atom is -0.349 e. The van der Waals surface area contributed by atoms with Crippen LogP contribution in [0.5, 0.6) is 0 Å². The van der Waals surface area contributed by atoms with Crippen LogP contribution in [0.3, 0.4) is 0 Å². The zero-order valence-corrected chi connectivity index (χ0v) is 17.7. The number of fused-ring (bicyclic) bond motifs is 3. The highest BCUT2D eigenvalue weighted by molar-refractivity contribution is 7.98. The highest BCUT2D eigenvalue weighted by Gasteiger charge is 2.30. The minimum absolute atomic E-state index is 0.0158. The van der Waals surface area contributed by atoms with Crippen LogP contribution < -0.4 is 5.56 Å². The molecule has 5 rings (SSSR count). The highest BCUT2D eigenvalue weighted by atomic mass is 32.2. The first-order chi connectivity index (χ1) is 15.8. The predicted molar refractivity (Wildman–Crippen MR) is 120 cm³/mol. The van der Waals surface area contributed by atoms with E-state index in [1.807, 2.05) is 18.2 Å². The number of hydrogen-bond acceptors (Lipinski definition) is 3. The van der Waals surface area contributed by atoms with Crippen LogP contribution in [-0.2, 0) is 11.9 Å². The van der Waals surface area contributed by atoms with Crippen molar-refractivity contribution in [2.45, 2.75) is 17.1 Å². The number of rotatable bonds is 4. The molecule has 0 unspecified atom stereocenters. The molecule has 0 amide bonds. The van der Waals surface area contributed by atoms with Gasteiger partial charge >= 0.3 is 6.18 Å². The summed E-state index contributed by atoms with van der Waals surface area (Å²) in [5.74, 6) is -0.503. The zero-order valence-electron chi connectivity index (χ0n) is 16.9. The van der Waals surface area contributed by atoms with Crippen LogP contribution in [0, 0.1) is 5.82 Å². The smallest absolute Gasteiger partial charge is 0.349 e. The van der Waals surface area contributed by atoms with E-state index in [4.69, 9.17) is 0 Å². The Bertz CT molecular complexity index is 1560. The summed E-state index contributed by atoms with van der Waals surface area (Å²) in [6.45, 7) is 0. The molecule has 0 spiro atoms. The second-order valence-electron chi connectivity index (χ2n) is 7.37. The van der Waals surface area contributed by atoms with Crippen LogP contribution >= 0.6 is 11.8 Å². The van der Waals surface area contributed by atoms with Gasteiger partial charge in [-0.05, 0) is 29.8 Å². The maximum absolute atomic E-state index is 14.7. The number of alkyl halides is 3. The fourth-order valence-corrected chi connectivity index (χ4v) is 4.61. The van der Waals surface area contributed by atoms with Crippen molar-refractivity contribution in [2.75, 3.05) is 0 Å². The van der Waals surface area contributed by atoms with Crippen LogP contribution in [-0.4, -0.2) is 14.5 Å². The topological polar surface area (TPSA) is 50.7 Å². The molecule has 0 aliphatic rings. The predicted octanol–water partition coefficient (Wildman–Crippen LogP) is 6.32. The third-order valence-corrected chi connectivity index (χ3v) is 6.22. The minimum atomic E-state index is -4.46. The molecule has 3 aromatic carbocycles. The van der Waals surface area contributed by atoms with Gasteiger partial charge in [-0.1, -0.05) is 60.3 Å². The van der Waals surface area contributed by atoms with Gasteiger partial charge in [0.1, 0.15) is 16.9 Å². The number of nitrogens with zero attached hydrogens (tertiary/aromatic N) is 2. The number of nitrogens with one attached hydrogen (secondary N) is 1. The Balaban J connectivity index is 1.67. The van der Waals surface area contributed by atoms with Crippen molar-refractivity contribution in [1.82, 2.24) is 14.5 Å². The van der Waals surface area contributed by atoms with Crippen molar-refractivity contribution in [3.05, 3.63) is 100 Å². The molecule has 0 aliphatic heterocycles. The number of aromatic amines is 1. The maximum atomic E-state index is 14.7. The van der Waals surface area contributed by atoms with Crippen LogP contribution in [0.1, 0.15) is 11.1 Å². The Morgan fingerprint density at radius 1 is 0.970 bits per heavy atom. The third-order valence-electron chi connectivity index (χ3n) is 5.21. The van der Waals surface area contributed by atoms with Crippen LogP contribution in [0.4, 0.5) is 17.6 Å². The van der Waals surface area contributed by atoms with Crippen LogP contribution in [0.25, 0.3) is 27.6 Å². The summed E-state index contributed by atoms with van der Waals surface area (Å²) in [7, 11) is 0. The summed E-state index contributed by atoms with van der Waals surface area (Å²) in [4.78, 5) is 21.1. The monoisotopic (exact) mass is 469 g/mol. The van der Waals surface area contributed by atoms with Gasteiger partial charge in [0.2, 0.25) is 0 Å². The number of halogens is 4. The van der Waals surface area contributed by atoms with Gasteiger partial charge in [-0.25, -0.2) is 9.37 Å². The average molecular weight is 469 g/mol. The van der Waals surface area contributed by atoms with E-state index in [0.29, 0.717) is 16.6 Å². The van der Waals surface area contributed by atoms with Crippen molar-refractivity contribution in [3.8, 4) is 5.69 Å². The number of para-hydroxylation sites is 2. The second-order valence-corrected chi connectivity index (χ2v) is 8.31. The van der Waals surface area contributed by atoms with E-state index in [1.54, 1.807) is 18.2 Å². The number of H-pyrrole nitrogens is 1. The van der Waals surface area contributed by atoms with Gasteiger partial charge in [-0.2, -0.15) is 13.2 Å². The third kappa shape index (κ3) is 3.89. The molecule has 0 fully saturated rings. The molecule has 1 N–H and O–H groups in total. The lowest BCUT2D eigenvalue weighted by atomic mass is 10.1. The first kappa shape index (κ1) is 21.3. The summed E-state index contributed by atoms with van der Waals surface area (Å²) in [5.41, 5.74) is 0.528. The number of thioether (sulfide) groups is 1. The van der Waals surface area contributed by atoms with E-state index in [-0.39, 0.29) is 22.1 Å². The molecule has 2 heterocycles. The molecule has 0 radical (unpaired) electrons. The number of aromatic nitrogens is 3. The Hall–Kier alpha value is -3.59. The van der Waals surface area contributed by atoms with Crippen molar-refractivity contribution < 1.29 is 17.6 Å². The Kier molecular flexibility index (Phi) is 5.20. The lowest BCUT2D eigenvalue weighted by molar-refractivity contribution is -0.137. The molecule has 0 saturated carbocycles. The average Bonchev–Trinajstić information content (AvgIpc) is 3.17. The molecule has 33 heavy (non-hydrogen) atoms. The fourth-order valence-electron chi connectivity index (χ4n) is 3.67. The summed E-state index contributed by atoms with van der Waals surface area (Å²) in [6.07, 6.45) is -4.46. The molecule has 2 aromatic heterocycles. The summed E-state index contributed by atoms with van der Waals surface area (Å²) >= 11 is 1.07. The summed E-state index contributed by atoms with van der Waals surface area (Å²) < 4.78 is 55.1. The molecule has 9 heteroatoms. The quantitative estimate of drug-likeness (QED) is 0.190. The van der Waals surface area contributed by atoms with Crippen molar-refractivity contribution >= 4 is 33.7 Å². The van der Waals surface area contributed by atoms with E-state index in [2.05, 4.69) is 9.97 Å². The first-order valence-electron chi connectivity index (χ1n) is 9.90. The van der Waals surface area contributed by atoms with Crippen LogP contribution in [0.2, 0.25) is 0 Å². The van der Waals surface area contributed by atoms with E-state index >= 15 is 0 Å². The van der Waals surface area contributed by atoms with E-state index in [0.717, 1.165) is 33.8 Å².